The van der Waals surface area contributed by atoms with Gasteiger partial charge in [-0.15, -0.1) is 0 Å². The molecule has 2 amide bonds. The number of hydrogen-bond acceptors (Lipinski definition) is 4. The van der Waals surface area contributed by atoms with Crippen LogP contribution in [0.1, 0.15) is 34.6 Å². The van der Waals surface area contributed by atoms with E-state index in [1.165, 1.54) is 11.8 Å². The molecule has 1 aromatic carbocycles. The van der Waals surface area contributed by atoms with Gasteiger partial charge in [-0.1, -0.05) is 36.1 Å². The van der Waals surface area contributed by atoms with Crippen LogP contribution in [0.2, 0.25) is 0 Å². The molecule has 1 heterocycles. The number of nitrogens with one attached hydrogen (secondary N) is 1. The minimum Gasteiger partial charge on any atom is -0.358 e. The molecule has 0 saturated heterocycles. The largest absolute Gasteiger partial charge is 0.358 e. The summed E-state index contributed by atoms with van der Waals surface area (Å²) in [5, 5.41) is 2.49. The molecule has 1 aliphatic rings. The molecule has 0 bridgehead atoms. The molecule has 1 aliphatic heterocycles. The van der Waals surface area contributed by atoms with E-state index in [0.717, 1.165) is 18.8 Å². The second-order valence-corrected chi connectivity index (χ2v) is 8.38. The normalized spacial score (nSPS) is 16.7. The van der Waals surface area contributed by atoms with E-state index in [2.05, 4.69) is 5.32 Å². The van der Waals surface area contributed by atoms with Gasteiger partial charge in [-0.05, 0) is 46.8 Å². The standard InChI is InChI=1S/C18H25N3O2S2/c1-6-20(7-2)17(24)25-12(3)15(22)21-14-11-9-8-10-13(14)19-16(23)18(21,4)5/h8-12H,6-7H2,1-5H3,(H,19,23)/t12-/m0/s1. The van der Waals surface area contributed by atoms with Crippen molar-refractivity contribution < 1.29 is 9.59 Å². The van der Waals surface area contributed by atoms with Crippen LogP contribution in [0, 0.1) is 0 Å². The van der Waals surface area contributed by atoms with Gasteiger partial charge in [-0.2, -0.15) is 0 Å². The third-order valence-corrected chi connectivity index (χ3v) is 5.94. The van der Waals surface area contributed by atoms with Crippen molar-refractivity contribution in [2.24, 2.45) is 0 Å². The molecule has 1 aromatic rings. The van der Waals surface area contributed by atoms with E-state index in [4.69, 9.17) is 12.2 Å². The number of anilines is 2. The van der Waals surface area contributed by atoms with Crippen LogP contribution >= 0.6 is 24.0 Å². The number of nitrogens with zero attached hydrogens (tertiary/aromatic N) is 2. The summed E-state index contributed by atoms with van der Waals surface area (Å²) < 4.78 is 0.707. The number of benzene rings is 1. The summed E-state index contributed by atoms with van der Waals surface area (Å²) in [5.41, 5.74) is 0.416. The molecular weight excluding hydrogens is 354 g/mol. The van der Waals surface area contributed by atoms with E-state index in [1.807, 2.05) is 43.9 Å². The van der Waals surface area contributed by atoms with Gasteiger partial charge in [0, 0.05) is 13.1 Å². The maximum atomic E-state index is 13.2. The van der Waals surface area contributed by atoms with Crippen LogP contribution in [0.15, 0.2) is 24.3 Å². The van der Waals surface area contributed by atoms with Crippen LogP contribution in [0.3, 0.4) is 0 Å². The minimum atomic E-state index is -0.961. The maximum Gasteiger partial charge on any atom is 0.250 e. The Labute approximate surface area is 159 Å². The van der Waals surface area contributed by atoms with Crippen LogP contribution < -0.4 is 10.2 Å². The lowest BCUT2D eigenvalue weighted by Crippen LogP contribution is -2.60. The molecule has 0 unspecified atom stereocenters. The second-order valence-electron chi connectivity index (χ2n) is 6.40. The molecule has 136 valence electrons. The van der Waals surface area contributed by atoms with E-state index in [-0.39, 0.29) is 17.1 Å². The highest BCUT2D eigenvalue weighted by molar-refractivity contribution is 8.23. The predicted molar refractivity (Wildman–Crippen MR) is 109 cm³/mol. The van der Waals surface area contributed by atoms with Crippen molar-refractivity contribution in [2.75, 3.05) is 23.3 Å². The first-order chi connectivity index (χ1) is 11.7. The zero-order chi connectivity index (χ0) is 18.8. The number of carbonyl (C=O) groups is 2. The Morgan fingerprint density at radius 2 is 1.92 bits per heavy atom. The van der Waals surface area contributed by atoms with Gasteiger partial charge in [0.25, 0.3) is 0 Å². The van der Waals surface area contributed by atoms with Gasteiger partial charge in [-0.25, -0.2) is 0 Å². The van der Waals surface area contributed by atoms with Crippen molar-refractivity contribution in [3.8, 4) is 0 Å². The summed E-state index contributed by atoms with van der Waals surface area (Å²) in [7, 11) is 0. The molecule has 0 radical (unpaired) electrons. The molecule has 0 fully saturated rings. The molecule has 1 N–H and O–H groups in total. The SMILES string of the molecule is CCN(CC)C(=S)S[C@@H](C)C(=O)N1c2ccccc2NC(=O)C1(C)C. The lowest BCUT2D eigenvalue weighted by Gasteiger charge is -2.43. The number of amides is 2. The Morgan fingerprint density at radius 1 is 1.32 bits per heavy atom. The van der Waals surface area contributed by atoms with Gasteiger partial charge in [0.2, 0.25) is 11.8 Å². The van der Waals surface area contributed by atoms with Crippen molar-refractivity contribution in [1.82, 2.24) is 4.90 Å². The highest BCUT2D eigenvalue weighted by atomic mass is 32.2. The minimum absolute atomic E-state index is 0.119. The maximum absolute atomic E-state index is 13.2. The average Bonchev–Trinajstić information content (AvgIpc) is 2.56. The quantitative estimate of drug-likeness (QED) is 0.812. The Balaban J connectivity index is 2.30. The fourth-order valence-corrected chi connectivity index (χ4v) is 4.39. The summed E-state index contributed by atoms with van der Waals surface area (Å²) in [6.07, 6.45) is 0. The van der Waals surface area contributed by atoms with Crippen molar-refractivity contribution in [3.63, 3.8) is 0 Å². The van der Waals surface area contributed by atoms with Crippen LogP contribution in [-0.4, -0.2) is 44.9 Å². The van der Waals surface area contributed by atoms with Gasteiger partial charge in [-0.3, -0.25) is 14.5 Å². The Hall–Kier alpha value is -1.60. The monoisotopic (exact) mass is 379 g/mol. The first-order valence-corrected chi connectivity index (χ1v) is 9.72. The molecule has 1 atom stereocenters. The Kier molecular flexibility index (Phi) is 6.11. The summed E-state index contributed by atoms with van der Waals surface area (Å²) in [5.74, 6) is -0.310. The number of fused-ring (bicyclic) bond motifs is 1. The van der Waals surface area contributed by atoms with E-state index >= 15 is 0 Å². The van der Waals surface area contributed by atoms with Gasteiger partial charge >= 0.3 is 0 Å². The molecular formula is C18H25N3O2S2. The van der Waals surface area contributed by atoms with Crippen molar-refractivity contribution in [2.45, 2.75) is 45.4 Å². The summed E-state index contributed by atoms with van der Waals surface area (Å²) >= 11 is 6.84. The van der Waals surface area contributed by atoms with Crippen LogP contribution in [-0.2, 0) is 9.59 Å². The zero-order valence-corrected chi connectivity index (χ0v) is 17.0. The summed E-state index contributed by atoms with van der Waals surface area (Å²) in [6, 6.07) is 7.37. The van der Waals surface area contributed by atoms with Gasteiger partial charge in [0.1, 0.15) is 9.86 Å². The number of rotatable bonds is 4. The van der Waals surface area contributed by atoms with E-state index in [1.54, 1.807) is 24.8 Å². The number of thioether (sulfide) groups is 1. The number of thiocarbonyl (C=S) groups is 1. The molecule has 0 spiro atoms. The molecule has 0 aromatic heterocycles. The predicted octanol–water partition coefficient (Wildman–Crippen LogP) is 3.50. The second kappa shape index (κ2) is 7.74. The zero-order valence-electron chi connectivity index (χ0n) is 15.3. The fraction of sp³-hybridized carbons (Fsp3) is 0.500. The van der Waals surface area contributed by atoms with Crippen LogP contribution in [0.25, 0.3) is 0 Å². The fourth-order valence-electron chi connectivity index (χ4n) is 2.79. The topological polar surface area (TPSA) is 52.7 Å². The number of hydrogen-bond donors (Lipinski definition) is 1. The van der Waals surface area contributed by atoms with E-state index in [9.17, 15) is 9.59 Å². The van der Waals surface area contributed by atoms with E-state index in [0.29, 0.717) is 10.0 Å². The lowest BCUT2D eigenvalue weighted by molar-refractivity contribution is -0.126. The molecule has 0 saturated carbocycles. The third kappa shape index (κ3) is 3.82. The highest BCUT2D eigenvalue weighted by Crippen LogP contribution is 2.38. The van der Waals surface area contributed by atoms with Crippen molar-refractivity contribution >= 4 is 51.5 Å². The first-order valence-electron chi connectivity index (χ1n) is 8.44. The van der Waals surface area contributed by atoms with Crippen LogP contribution in [0.4, 0.5) is 11.4 Å². The van der Waals surface area contributed by atoms with Crippen LogP contribution in [0.5, 0.6) is 0 Å². The molecule has 7 heteroatoms. The third-order valence-electron chi connectivity index (χ3n) is 4.38. The van der Waals surface area contributed by atoms with Gasteiger partial charge in [0.05, 0.1) is 16.6 Å². The van der Waals surface area contributed by atoms with Crippen molar-refractivity contribution in [1.29, 1.82) is 0 Å². The average molecular weight is 380 g/mol. The van der Waals surface area contributed by atoms with E-state index < -0.39 is 5.54 Å². The Morgan fingerprint density at radius 3 is 2.52 bits per heavy atom. The molecule has 0 aliphatic carbocycles. The van der Waals surface area contributed by atoms with Gasteiger partial charge in [0.15, 0.2) is 0 Å². The molecule has 5 nitrogen and oxygen atoms in total. The number of carbonyl (C=O) groups excluding carboxylic acids is 2. The summed E-state index contributed by atoms with van der Waals surface area (Å²) in [6.45, 7) is 11.1. The smallest absolute Gasteiger partial charge is 0.250 e. The first kappa shape index (κ1) is 19.7. The molecule has 2 rings (SSSR count). The Bertz CT molecular complexity index is 687. The highest BCUT2D eigenvalue weighted by Gasteiger charge is 2.44. The summed E-state index contributed by atoms with van der Waals surface area (Å²) in [4.78, 5) is 29.3. The van der Waals surface area contributed by atoms with Crippen molar-refractivity contribution in [3.05, 3.63) is 24.3 Å². The molecule has 25 heavy (non-hydrogen) atoms. The lowest BCUT2D eigenvalue weighted by atomic mass is 9.96. The number of para-hydroxylation sites is 2. The van der Waals surface area contributed by atoms with Gasteiger partial charge < -0.3 is 10.2 Å².